The smallest absolute Gasteiger partial charge is 0.255 e. The van der Waals surface area contributed by atoms with Crippen LogP contribution in [0.1, 0.15) is 34.1 Å². The molecular weight excluding hydrogens is 322 g/mol. The van der Waals surface area contributed by atoms with Crippen LogP contribution in [0.3, 0.4) is 0 Å². The van der Waals surface area contributed by atoms with Crippen LogP contribution in [0.15, 0.2) is 46.3 Å². The summed E-state index contributed by atoms with van der Waals surface area (Å²) < 4.78 is 0.872. The first kappa shape index (κ1) is 12.9. The van der Waals surface area contributed by atoms with Gasteiger partial charge in [-0.2, -0.15) is 0 Å². The molecule has 0 aliphatic carbocycles. The number of nitrogens with zero attached hydrogens (tertiary/aromatic N) is 1. The minimum absolute atomic E-state index is 0.128. The first-order valence-corrected chi connectivity index (χ1v) is 8.03. The van der Waals surface area contributed by atoms with E-state index < -0.39 is 0 Å². The van der Waals surface area contributed by atoms with Crippen LogP contribution in [0.25, 0.3) is 0 Å². The van der Waals surface area contributed by atoms with Crippen LogP contribution in [0.5, 0.6) is 0 Å². The maximum absolute atomic E-state index is 12.7. The minimum Gasteiger partial charge on any atom is -0.331 e. The molecule has 3 rings (SSSR count). The Hall–Kier alpha value is -1.13. The van der Waals surface area contributed by atoms with Crippen LogP contribution in [0.2, 0.25) is 0 Å². The second-order valence-electron chi connectivity index (χ2n) is 4.65. The number of hydrogen-bond acceptors (Lipinski definition) is 2. The zero-order valence-electron chi connectivity index (χ0n) is 10.4. The summed E-state index contributed by atoms with van der Waals surface area (Å²) in [6.45, 7) is 0.850. The lowest BCUT2D eigenvalue weighted by atomic mass is 10.1. The fourth-order valence-electron chi connectivity index (χ4n) is 2.58. The quantitative estimate of drug-likeness (QED) is 0.791. The molecule has 2 heterocycles. The van der Waals surface area contributed by atoms with E-state index in [9.17, 15) is 4.79 Å². The first-order valence-electron chi connectivity index (χ1n) is 6.36. The van der Waals surface area contributed by atoms with Crippen molar-refractivity contribution in [3.8, 4) is 0 Å². The van der Waals surface area contributed by atoms with Crippen molar-refractivity contribution in [1.29, 1.82) is 0 Å². The number of amides is 1. The van der Waals surface area contributed by atoms with E-state index in [0.717, 1.165) is 29.4 Å². The number of likely N-dealkylation sites (tertiary alicyclic amines) is 1. The summed E-state index contributed by atoms with van der Waals surface area (Å²) in [4.78, 5) is 16.0. The normalized spacial score (nSPS) is 18.8. The molecule has 98 valence electrons. The molecule has 4 heteroatoms. The first-order chi connectivity index (χ1) is 9.27. The Balaban J connectivity index is 1.89. The third kappa shape index (κ3) is 2.47. The number of thiophene rings is 1. The van der Waals surface area contributed by atoms with Gasteiger partial charge in [0.1, 0.15) is 0 Å². The number of rotatable bonds is 2. The third-order valence-corrected chi connectivity index (χ3v) is 5.15. The van der Waals surface area contributed by atoms with E-state index in [0.29, 0.717) is 0 Å². The molecule has 1 atom stereocenters. The van der Waals surface area contributed by atoms with Crippen LogP contribution < -0.4 is 0 Å². The van der Waals surface area contributed by atoms with Gasteiger partial charge in [-0.3, -0.25) is 4.79 Å². The van der Waals surface area contributed by atoms with Gasteiger partial charge in [-0.05, 0) is 52.4 Å². The molecule has 2 nitrogen and oxygen atoms in total. The molecule has 1 aliphatic rings. The summed E-state index contributed by atoms with van der Waals surface area (Å²) in [7, 11) is 0. The van der Waals surface area contributed by atoms with Crippen molar-refractivity contribution in [3.63, 3.8) is 0 Å². The lowest BCUT2D eigenvalue weighted by Crippen LogP contribution is -2.30. The van der Waals surface area contributed by atoms with Crippen LogP contribution in [0.4, 0.5) is 0 Å². The summed E-state index contributed by atoms with van der Waals surface area (Å²) >= 11 is 5.20. The zero-order chi connectivity index (χ0) is 13.2. The van der Waals surface area contributed by atoms with Gasteiger partial charge >= 0.3 is 0 Å². The second-order valence-corrected chi connectivity index (χ2v) is 6.49. The number of hydrogen-bond donors (Lipinski definition) is 0. The molecule has 1 amide bonds. The highest BCUT2D eigenvalue weighted by atomic mass is 79.9. The topological polar surface area (TPSA) is 20.3 Å². The van der Waals surface area contributed by atoms with Crippen molar-refractivity contribution in [2.75, 3.05) is 6.54 Å². The molecule has 19 heavy (non-hydrogen) atoms. The fourth-order valence-corrected chi connectivity index (χ4v) is 3.90. The molecule has 0 spiro atoms. The monoisotopic (exact) mass is 335 g/mol. The van der Waals surface area contributed by atoms with E-state index in [1.165, 1.54) is 4.88 Å². The van der Waals surface area contributed by atoms with Crippen molar-refractivity contribution in [2.24, 2.45) is 0 Å². The SMILES string of the molecule is O=C(c1ccccc1Br)N1CCC[C@H]1c1cccs1. The predicted octanol–water partition coefficient (Wildman–Crippen LogP) is 4.49. The standard InChI is InChI=1S/C15H14BrNOS/c16-12-6-2-1-5-11(12)15(18)17-9-3-7-13(17)14-8-4-10-19-14/h1-2,4-6,8,10,13H,3,7,9H2/t13-/m0/s1. The van der Waals surface area contributed by atoms with Gasteiger partial charge in [-0.25, -0.2) is 0 Å². The molecule has 1 fully saturated rings. The largest absolute Gasteiger partial charge is 0.331 e. The van der Waals surface area contributed by atoms with Crippen molar-refractivity contribution in [1.82, 2.24) is 4.90 Å². The van der Waals surface area contributed by atoms with E-state index >= 15 is 0 Å². The van der Waals surface area contributed by atoms with Gasteiger partial charge in [0.15, 0.2) is 0 Å². The van der Waals surface area contributed by atoms with Crippen molar-refractivity contribution in [2.45, 2.75) is 18.9 Å². The van der Waals surface area contributed by atoms with E-state index in [1.807, 2.05) is 29.2 Å². The lowest BCUT2D eigenvalue weighted by molar-refractivity contribution is 0.0737. The van der Waals surface area contributed by atoms with Gasteiger partial charge in [0.25, 0.3) is 5.91 Å². The average molecular weight is 336 g/mol. The molecule has 0 saturated carbocycles. The third-order valence-electron chi connectivity index (χ3n) is 3.49. The minimum atomic E-state index is 0.128. The average Bonchev–Trinajstić information content (AvgIpc) is 3.09. The molecule has 1 aliphatic heterocycles. The Morgan fingerprint density at radius 3 is 2.84 bits per heavy atom. The molecule has 1 aromatic heterocycles. The summed E-state index contributed by atoms with van der Waals surface area (Å²) in [6, 6.07) is 12.1. The van der Waals surface area contributed by atoms with Gasteiger partial charge in [-0.15, -0.1) is 11.3 Å². The molecule has 0 bridgehead atoms. The fraction of sp³-hybridized carbons (Fsp3) is 0.267. The maximum Gasteiger partial charge on any atom is 0.255 e. The van der Waals surface area contributed by atoms with Gasteiger partial charge < -0.3 is 4.90 Å². The van der Waals surface area contributed by atoms with Crippen LogP contribution in [-0.4, -0.2) is 17.4 Å². The number of halogens is 1. The van der Waals surface area contributed by atoms with E-state index in [4.69, 9.17) is 0 Å². The van der Waals surface area contributed by atoms with Crippen molar-refractivity contribution < 1.29 is 4.79 Å². The molecule has 1 saturated heterocycles. The van der Waals surface area contributed by atoms with Crippen LogP contribution in [-0.2, 0) is 0 Å². The van der Waals surface area contributed by atoms with Crippen molar-refractivity contribution >= 4 is 33.2 Å². The van der Waals surface area contributed by atoms with Gasteiger partial charge in [0.05, 0.1) is 11.6 Å². The Morgan fingerprint density at radius 2 is 2.11 bits per heavy atom. The Kier molecular flexibility index (Phi) is 3.71. The number of benzene rings is 1. The summed E-state index contributed by atoms with van der Waals surface area (Å²) in [5.74, 6) is 0.128. The molecule has 0 radical (unpaired) electrons. The summed E-state index contributed by atoms with van der Waals surface area (Å²) in [5, 5.41) is 2.08. The Bertz CT molecular complexity index is 582. The van der Waals surface area contributed by atoms with Crippen molar-refractivity contribution in [3.05, 3.63) is 56.7 Å². The molecule has 0 N–H and O–H groups in total. The molecule has 1 aromatic carbocycles. The molecule has 2 aromatic rings. The number of carbonyl (C=O) groups excluding carboxylic acids is 1. The van der Waals surface area contributed by atoms with E-state index in [-0.39, 0.29) is 11.9 Å². The summed E-state index contributed by atoms with van der Waals surface area (Å²) in [6.07, 6.45) is 2.15. The highest BCUT2D eigenvalue weighted by Gasteiger charge is 2.31. The van der Waals surface area contributed by atoms with Crippen LogP contribution in [0, 0.1) is 0 Å². The second kappa shape index (κ2) is 5.47. The maximum atomic E-state index is 12.7. The number of carbonyl (C=O) groups is 1. The summed E-state index contributed by atoms with van der Waals surface area (Å²) in [5.41, 5.74) is 0.756. The van der Waals surface area contributed by atoms with E-state index in [1.54, 1.807) is 11.3 Å². The lowest BCUT2D eigenvalue weighted by Gasteiger charge is -2.24. The van der Waals surface area contributed by atoms with Gasteiger partial charge in [0, 0.05) is 15.9 Å². The Labute approximate surface area is 125 Å². The highest BCUT2D eigenvalue weighted by Crippen LogP contribution is 2.36. The van der Waals surface area contributed by atoms with Crippen LogP contribution >= 0.6 is 27.3 Å². The highest BCUT2D eigenvalue weighted by molar-refractivity contribution is 9.10. The molecular formula is C15H14BrNOS. The molecule has 0 unspecified atom stereocenters. The van der Waals surface area contributed by atoms with E-state index in [2.05, 4.69) is 33.4 Å². The van der Waals surface area contributed by atoms with Gasteiger partial charge in [0.2, 0.25) is 0 Å². The Morgan fingerprint density at radius 1 is 1.26 bits per heavy atom. The zero-order valence-corrected chi connectivity index (χ0v) is 12.8. The predicted molar refractivity (Wildman–Crippen MR) is 81.5 cm³/mol. The van der Waals surface area contributed by atoms with Gasteiger partial charge in [-0.1, -0.05) is 18.2 Å².